The van der Waals surface area contributed by atoms with Gasteiger partial charge in [0.15, 0.2) is 0 Å². The molecular weight excluding hydrogens is 240 g/mol. The number of aromatic nitrogens is 2. The largest absolute Gasteiger partial charge is 0.366 e. The highest BCUT2D eigenvalue weighted by Gasteiger charge is 2.01. The molecule has 1 aromatic heterocycles. The summed E-state index contributed by atoms with van der Waals surface area (Å²) in [5.74, 6) is -0.392. The Morgan fingerprint density at radius 3 is 2.95 bits per heavy atom. The molecule has 0 spiro atoms. The Bertz CT molecular complexity index is 562. The van der Waals surface area contributed by atoms with Gasteiger partial charge in [-0.25, -0.2) is 0 Å². The van der Waals surface area contributed by atoms with Crippen LogP contribution in [0.25, 0.3) is 0 Å². The summed E-state index contributed by atoms with van der Waals surface area (Å²) < 4.78 is 1.87. The molecule has 2 rings (SSSR count). The van der Waals surface area contributed by atoms with Crippen LogP contribution in [-0.4, -0.2) is 22.2 Å². The summed E-state index contributed by atoms with van der Waals surface area (Å²) in [6.07, 6.45) is 2.72. The summed E-state index contributed by atoms with van der Waals surface area (Å²) in [6.45, 7) is 1.58. The minimum absolute atomic E-state index is 0.392. The number of amides is 1. The summed E-state index contributed by atoms with van der Waals surface area (Å²) in [5, 5.41) is 7.46. The van der Waals surface area contributed by atoms with E-state index in [1.165, 1.54) is 5.69 Å². The number of nitrogens with one attached hydrogen (secondary N) is 1. The van der Waals surface area contributed by atoms with E-state index in [9.17, 15) is 4.79 Å². The average molecular weight is 258 g/mol. The fourth-order valence-corrected chi connectivity index (χ4v) is 1.93. The van der Waals surface area contributed by atoms with E-state index in [1.54, 1.807) is 12.3 Å². The van der Waals surface area contributed by atoms with Gasteiger partial charge in [0.25, 0.3) is 0 Å². The van der Waals surface area contributed by atoms with Gasteiger partial charge in [-0.1, -0.05) is 12.1 Å². The van der Waals surface area contributed by atoms with Crippen molar-refractivity contribution in [2.75, 3.05) is 6.54 Å². The van der Waals surface area contributed by atoms with E-state index in [1.807, 2.05) is 36.0 Å². The van der Waals surface area contributed by atoms with Crippen molar-refractivity contribution in [3.05, 3.63) is 53.3 Å². The van der Waals surface area contributed by atoms with Crippen molar-refractivity contribution < 1.29 is 4.79 Å². The van der Waals surface area contributed by atoms with Crippen molar-refractivity contribution in [1.29, 1.82) is 0 Å². The van der Waals surface area contributed by atoms with Crippen LogP contribution in [0.4, 0.5) is 0 Å². The van der Waals surface area contributed by atoms with Gasteiger partial charge in [-0.3, -0.25) is 9.48 Å². The Hall–Kier alpha value is -2.14. The van der Waals surface area contributed by atoms with Crippen LogP contribution in [-0.2, 0) is 20.0 Å². The average Bonchev–Trinajstić information content (AvgIpc) is 2.81. The Balaban J connectivity index is 1.81. The molecule has 3 N–H and O–H groups in total. The number of primary amides is 1. The van der Waals surface area contributed by atoms with Gasteiger partial charge >= 0.3 is 0 Å². The first kappa shape index (κ1) is 13.3. The van der Waals surface area contributed by atoms with E-state index in [-0.39, 0.29) is 0 Å². The molecule has 2 aromatic rings. The molecule has 0 saturated carbocycles. The van der Waals surface area contributed by atoms with Gasteiger partial charge in [-0.15, -0.1) is 0 Å². The summed E-state index contributed by atoms with van der Waals surface area (Å²) in [6, 6.07) is 9.37. The maximum Gasteiger partial charge on any atom is 0.248 e. The highest BCUT2D eigenvalue weighted by atomic mass is 16.1. The molecule has 1 amide bonds. The van der Waals surface area contributed by atoms with Crippen molar-refractivity contribution in [3.63, 3.8) is 0 Å². The van der Waals surface area contributed by atoms with Crippen LogP contribution in [0.5, 0.6) is 0 Å². The van der Waals surface area contributed by atoms with E-state index >= 15 is 0 Å². The lowest BCUT2D eigenvalue weighted by atomic mass is 10.1. The van der Waals surface area contributed by atoms with Gasteiger partial charge < -0.3 is 11.1 Å². The normalized spacial score (nSPS) is 10.6. The predicted octanol–water partition coefficient (Wildman–Crippen LogP) is 0.851. The Kier molecular flexibility index (Phi) is 4.30. The second kappa shape index (κ2) is 6.15. The first-order valence-corrected chi connectivity index (χ1v) is 6.23. The van der Waals surface area contributed by atoms with Crippen molar-refractivity contribution in [3.8, 4) is 0 Å². The Labute approximate surface area is 112 Å². The van der Waals surface area contributed by atoms with Crippen LogP contribution in [0.3, 0.4) is 0 Å². The maximum atomic E-state index is 11.1. The highest BCUT2D eigenvalue weighted by Crippen LogP contribution is 2.04. The molecule has 0 aliphatic carbocycles. The van der Waals surface area contributed by atoms with Gasteiger partial charge in [-0.05, 0) is 23.8 Å². The monoisotopic (exact) mass is 258 g/mol. The molecule has 5 heteroatoms. The van der Waals surface area contributed by atoms with Crippen LogP contribution in [0.15, 0.2) is 36.5 Å². The third-order valence-electron chi connectivity index (χ3n) is 3.02. The standard InChI is InChI=1S/C14H18N4O/c1-18-13(6-8-17-18)5-7-16-10-11-3-2-4-12(9-11)14(15)19/h2-4,6,8-9,16H,5,7,10H2,1H3,(H2,15,19). The summed E-state index contributed by atoms with van der Waals surface area (Å²) in [7, 11) is 1.94. The molecular formula is C14H18N4O. The van der Waals surface area contributed by atoms with Gasteiger partial charge in [0, 0.05) is 44.0 Å². The van der Waals surface area contributed by atoms with Crippen molar-refractivity contribution >= 4 is 5.91 Å². The molecule has 19 heavy (non-hydrogen) atoms. The minimum atomic E-state index is -0.392. The lowest BCUT2D eigenvalue weighted by molar-refractivity contribution is 0.1000. The number of carbonyl (C=O) groups is 1. The Morgan fingerprint density at radius 1 is 1.42 bits per heavy atom. The zero-order chi connectivity index (χ0) is 13.7. The Morgan fingerprint density at radius 2 is 2.26 bits per heavy atom. The van der Waals surface area contributed by atoms with E-state index in [0.29, 0.717) is 5.56 Å². The molecule has 5 nitrogen and oxygen atoms in total. The van der Waals surface area contributed by atoms with Gasteiger partial charge in [0.1, 0.15) is 0 Å². The maximum absolute atomic E-state index is 11.1. The van der Waals surface area contributed by atoms with Crippen molar-refractivity contribution in [2.24, 2.45) is 12.8 Å². The SMILES string of the molecule is Cn1nccc1CCNCc1cccc(C(N)=O)c1. The zero-order valence-corrected chi connectivity index (χ0v) is 11.0. The first-order valence-electron chi connectivity index (χ1n) is 6.23. The first-order chi connectivity index (χ1) is 9.16. The summed E-state index contributed by atoms with van der Waals surface area (Å²) >= 11 is 0. The molecule has 0 saturated heterocycles. The number of nitrogens with two attached hydrogens (primary N) is 1. The van der Waals surface area contributed by atoms with Crippen LogP contribution in [0.2, 0.25) is 0 Å². The third-order valence-corrected chi connectivity index (χ3v) is 3.02. The number of carbonyl (C=O) groups excluding carboxylic acids is 1. The summed E-state index contributed by atoms with van der Waals surface area (Å²) in [5.41, 5.74) is 8.05. The summed E-state index contributed by atoms with van der Waals surface area (Å²) in [4.78, 5) is 11.1. The van der Waals surface area contributed by atoms with E-state index < -0.39 is 5.91 Å². The second-order valence-electron chi connectivity index (χ2n) is 4.44. The minimum Gasteiger partial charge on any atom is -0.366 e. The molecule has 1 aromatic carbocycles. The van der Waals surface area contributed by atoms with E-state index in [2.05, 4.69) is 10.4 Å². The van der Waals surface area contributed by atoms with Crippen LogP contribution in [0.1, 0.15) is 21.6 Å². The third kappa shape index (κ3) is 3.66. The van der Waals surface area contributed by atoms with E-state index in [0.717, 1.165) is 25.1 Å². The van der Waals surface area contributed by atoms with Gasteiger partial charge in [0.2, 0.25) is 5.91 Å². The molecule has 0 unspecified atom stereocenters. The fourth-order valence-electron chi connectivity index (χ4n) is 1.93. The molecule has 0 atom stereocenters. The quantitative estimate of drug-likeness (QED) is 0.754. The zero-order valence-electron chi connectivity index (χ0n) is 11.0. The molecule has 0 aliphatic rings. The number of aryl methyl sites for hydroxylation is 1. The van der Waals surface area contributed by atoms with E-state index in [4.69, 9.17) is 5.73 Å². The van der Waals surface area contributed by atoms with Crippen LogP contribution < -0.4 is 11.1 Å². The lowest BCUT2D eigenvalue weighted by Crippen LogP contribution is -2.18. The van der Waals surface area contributed by atoms with Gasteiger partial charge in [-0.2, -0.15) is 5.10 Å². The lowest BCUT2D eigenvalue weighted by Gasteiger charge is -2.06. The topological polar surface area (TPSA) is 72.9 Å². The molecule has 100 valence electrons. The van der Waals surface area contributed by atoms with Crippen molar-refractivity contribution in [2.45, 2.75) is 13.0 Å². The number of nitrogens with zero attached hydrogens (tertiary/aromatic N) is 2. The molecule has 0 radical (unpaired) electrons. The number of hydrogen-bond donors (Lipinski definition) is 2. The molecule has 0 aliphatic heterocycles. The predicted molar refractivity (Wildman–Crippen MR) is 73.6 cm³/mol. The smallest absolute Gasteiger partial charge is 0.248 e. The number of rotatable bonds is 6. The molecule has 0 bridgehead atoms. The number of benzene rings is 1. The highest BCUT2D eigenvalue weighted by molar-refractivity contribution is 5.92. The van der Waals surface area contributed by atoms with Crippen molar-refractivity contribution in [1.82, 2.24) is 15.1 Å². The van der Waals surface area contributed by atoms with Gasteiger partial charge in [0.05, 0.1) is 0 Å². The fraction of sp³-hybridized carbons (Fsp3) is 0.286. The second-order valence-corrected chi connectivity index (χ2v) is 4.44. The molecule has 1 heterocycles. The molecule has 0 fully saturated rings. The van der Waals surface area contributed by atoms with Crippen LogP contribution >= 0.6 is 0 Å². The number of hydrogen-bond acceptors (Lipinski definition) is 3. The van der Waals surface area contributed by atoms with Crippen LogP contribution in [0, 0.1) is 0 Å².